The van der Waals surface area contributed by atoms with Gasteiger partial charge in [-0.2, -0.15) is 0 Å². The van der Waals surface area contributed by atoms with Crippen molar-refractivity contribution < 1.29 is 9.59 Å². The summed E-state index contributed by atoms with van der Waals surface area (Å²) in [5.41, 5.74) is 0.981. The highest BCUT2D eigenvalue weighted by molar-refractivity contribution is 5.93. The first-order valence-corrected chi connectivity index (χ1v) is 3.66. The molecule has 64 valence electrons. The molecular weight excluding hydrogens is 166 g/mol. The summed E-state index contributed by atoms with van der Waals surface area (Å²) in [6, 6.07) is 3.20. The number of hydrogen-bond acceptors (Lipinski definition) is 3. The second kappa shape index (κ2) is 4.17. The predicted molar refractivity (Wildman–Crippen MR) is 47.2 cm³/mol. The molecule has 0 spiro atoms. The first-order chi connectivity index (χ1) is 6.22. The average Bonchev–Trinajstić information content (AvgIpc) is 2.15. The van der Waals surface area contributed by atoms with Crippen molar-refractivity contribution in [1.29, 1.82) is 0 Å². The summed E-state index contributed by atoms with van der Waals surface area (Å²) in [6.45, 7) is 1.38. The average molecular weight is 173 g/mol. The van der Waals surface area contributed by atoms with Crippen LogP contribution in [0.25, 0.3) is 0 Å². The van der Waals surface area contributed by atoms with Crippen molar-refractivity contribution in [3.63, 3.8) is 0 Å². The molecular formula is C10H7NO2. The van der Waals surface area contributed by atoms with E-state index in [1.54, 1.807) is 12.1 Å². The van der Waals surface area contributed by atoms with Gasteiger partial charge in [-0.15, -0.1) is 0 Å². The van der Waals surface area contributed by atoms with Crippen LogP contribution < -0.4 is 0 Å². The molecule has 0 atom stereocenters. The standard InChI is InChI=1S/C10H7NO2/c1-8(13)2-4-10-5-3-9(7-12)6-11-10/h3,5-7H,1H3. The van der Waals surface area contributed by atoms with E-state index < -0.39 is 0 Å². The zero-order valence-electron chi connectivity index (χ0n) is 7.07. The van der Waals surface area contributed by atoms with Crippen molar-refractivity contribution in [2.75, 3.05) is 0 Å². The molecule has 3 heteroatoms. The molecule has 1 aromatic rings. The molecule has 0 amide bonds. The molecule has 0 radical (unpaired) electrons. The molecule has 0 saturated heterocycles. The lowest BCUT2D eigenvalue weighted by Gasteiger charge is -1.88. The lowest BCUT2D eigenvalue weighted by molar-refractivity contribution is -0.111. The van der Waals surface area contributed by atoms with E-state index in [0.717, 1.165) is 0 Å². The number of aldehydes is 1. The lowest BCUT2D eigenvalue weighted by Crippen LogP contribution is -1.87. The van der Waals surface area contributed by atoms with Gasteiger partial charge in [0.25, 0.3) is 0 Å². The molecule has 1 rings (SSSR count). The van der Waals surface area contributed by atoms with Crippen molar-refractivity contribution in [1.82, 2.24) is 4.98 Å². The molecule has 0 aromatic carbocycles. The first-order valence-electron chi connectivity index (χ1n) is 3.66. The zero-order valence-corrected chi connectivity index (χ0v) is 7.07. The number of hydrogen-bond donors (Lipinski definition) is 0. The number of carbonyl (C=O) groups is 2. The van der Waals surface area contributed by atoms with Gasteiger partial charge in [0.05, 0.1) is 0 Å². The maximum absolute atomic E-state index is 10.5. The van der Waals surface area contributed by atoms with Crippen LogP contribution in [0.15, 0.2) is 18.3 Å². The van der Waals surface area contributed by atoms with Crippen molar-refractivity contribution in [3.8, 4) is 11.8 Å². The van der Waals surface area contributed by atoms with E-state index in [1.165, 1.54) is 13.1 Å². The Labute approximate surface area is 75.8 Å². The van der Waals surface area contributed by atoms with Crippen LogP contribution in [0.5, 0.6) is 0 Å². The Morgan fingerprint density at radius 1 is 1.54 bits per heavy atom. The number of ketones is 1. The van der Waals surface area contributed by atoms with Crippen LogP contribution in [0.2, 0.25) is 0 Å². The molecule has 0 saturated carbocycles. The van der Waals surface area contributed by atoms with Crippen molar-refractivity contribution in [2.45, 2.75) is 6.92 Å². The van der Waals surface area contributed by atoms with Crippen molar-refractivity contribution in [3.05, 3.63) is 29.6 Å². The van der Waals surface area contributed by atoms with Crippen molar-refractivity contribution in [2.24, 2.45) is 0 Å². The summed E-state index contributed by atoms with van der Waals surface area (Å²) >= 11 is 0. The molecule has 0 bridgehead atoms. The van der Waals surface area contributed by atoms with E-state index in [4.69, 9.17) is 0 Å². The fourth-order valence-electron chi connectivity index (χ4n) is 0.701. The first kappa shape index (κ1) is 9.14. The third-order valence-corrected chi connectivity index (χ3v) is 1.29. The Morgan fingerprint density at radius 3 is 2.77 bits per heavy atom. The Kier molecular flexibility index (Phi) is 2.93. The second-order valence-corrected chi connectivity index (χ2v) is 2.40. The normalized spacial score (nSPS) is 8.38. The fraction of sp³-hybridized carbons (Fsp3) is 0.100. The van der Waals surface area contributed by atoms with Crippen LogP contribution in [-0.4, -0.2) is 17.1 Å². The van der Waals surface area contributed by atoms with Crippen LogP contribution in [0.3, 0.4) is 0 Å². The number of aromatic nitrogens is 1. The van der Waals surface area contributed by atoms with Crippen LogP contribution >= 0.6 is 0 Å². The summed E-state index contributed by atoms with van der Waals surface area (Å²) in [5.74, 6) is 4.72. The van der Waals surface area contributed by atoms with Gasteiger partial charge in [-0.05, 0) is 24.0 Å². The van der Waals surface area contributed by atoms with Gasteiger partial charge in [0.1, 0.15) is 5.69 Å². The molecule has 13 heavy (non-hydrogen) atoms. The molecule has 0 unspecified atom stereocenters. The molecule has 0 aliphatic heterocycles. The summed E-state index contributed by atoms with van der Waals surface area (Å²) < 4.78 is 0. The predicted octanol–water partition coefficient (Wildman–Crippen LogP) is 0.835. The van der Waals surface area contributed by atoms with Gasteiger partial charge in [-0.25, -0.2) is 4.98 Å². The molecule has 0 aliphatic rings. The smallest absolute Gasteiger partial charge is 0.202 e. The zero-order chi connectivity index (χ0) is 9.68. The maximum atomic E-state index is 10.5. The van der Waals surface area contributed by atoms with E-state index in [0.29, 0.717) is 17.5 Å². The second-order valence-electron chi connectivity index (χ2n) is 2.40. The van der Waals surface area contributed by atoms with Gasteiger partial charge in [0, 0.05) is 18.7 Å². The Bertz CT molecular complexity index is 382. The SMILES string of the molecule is CC(=O)C#Cc1ccc(C=O)cn1. The quantitative estimate of drug-likeness (QED) is 0.467. The highest BCUT2D eigenvalue weighted by Gasteiger charge is 1.90. The Balaban J connectivity index is 2.88. The van der Waals surface area contributed by atoms with Gasteiger partial charge in [0.15, 0.2) is 6.29 Å². The molecule has 0 fully saturated rings. The van der Waals surface area contributed by atoms with Crippen LogP contribution in [-0.2, 0) is 4.79 Å². The largest absolute Gasteiger partial charge is 0.298 e. The Hall–Kier alpha value is -1.95. The minimum atomic E-state index is -0.207. The van der Waals surface area contributed by atoms with Gasteiger partial charge < -0.3 is 0 Å². The third-order valence-electron chi connectivity index (χ3n) is 1.29. The van der Waals surface area contributed by atoms with E-state index in [9.17, 15) is 9.59 Å². The summed E-state index contributed by atoms with van der Waals surface area (Å²) in [4.78, 5) is 24.6. The minimum Gasteiger partial charge on any atom is -0.298 e. The lowest BCUT2D eigenvalue weighted by atomic mass is 10.2. The molecule has 1 heterocycles. The van der Waals surface area contributed by atoms with E-state index >= 15 is 0 Å². The summed E-state index contributed by atoms with van der Waals surface area (Å²) in [5, 5.41) is 0. The van der Waals surface area contributed by atoms with E-state index in [1.807, 2.05) is 0 Å². The molecule has 1 aromatic heterocycles. The number of nitrogens with zero attached hydrogens (tertiary/aromatic N) is 1. The van der Waals surface area contributed by atoms with Crippen LogP contribution in [0, 0.1) is 11.8 Å². The number of Topliss-reactive ketones (excluding diaryl/α,β-unsaturated/α-hetero) is 1. The van der Waals surface area contributed by atoms with Gasteiger partial charge in [-0.1, -0.05) is 0 Å². The number of pyridine rings is 1. The van der Waals surface area contributed by atoms with E-state index in [2.05, 4.69) is 16.8 Å². The highest BCUT2D eigenvalue weighted by Crippen LogP contribution is 1.95. The molecule has 0 N–H and O–H groups in total. The van der Waals surface area contributed by atoms with Crippen molar-refractivity contribution >= 4 is 12.1 Å². The maximum Gasteiger partial charge on any atom is 0.202 e. The highest BCUT2D eigenvalue weighted by atomic mass is 16.1. The minimum absolute atomic E-state index is 0.207. The van der Waals surface area contributed by atoms with E-state index in [-0.39, 0.29) is 5.78 Å². The number of rotatable bonds is 1. The van der Waals surface area contributed by atoms with Crippen LogP contribution in [0.1, 0.15) is 23.0 Å². The monoisotopic (exact) mass is 173 g/mol. The summed E-state index contributed by atoms with van der Waals surface area (Å²) in [6.07, 6.45) is 2.12. The van der Waals surface area contributed by atoms with Crippen LogP contribution in [0.4, 0.5) is 0 Å². The van der Waals surface area contributed by atoms with Gasteiger partial charge >= 0.3 is 0 Å². The topological polar surface area (TPSA) is 47.0 Å². The number of carbonyl (C=O) groups excluding carboxylic acids is 2. The van der Waals surface area contributed by atoms with Gasteiger partial charge in [0.2, 0.25) is 5.78 Å². The fourth-order valence-corrected chi connectivity index (χ4v) is 0.701. The molecule has 0 aliphatic carbocycles. The summed E-state index contributed by atoms with van der Waals surface area (Å²) in [7, 11) is 0. The Morgan fingerprint density at radius 2 is 2.31 bits per heavy atom. The molecule has 3 nitrogen and oxygen atoms in total. The van der Waals surface area contributed by atoms with Gasteiger partial charge in [-0.3, -0.25) is 9.59 Å². The third kappa shape index (κ3) is 2.88.